The molecule has 0 aliphatic carbocycles. The minimum absolute atomic E-state index is 0.208. The third-order valence-corrected chi connectivity index (χ3v) is 3.18. The lowest BCUT2D eigenvalue weighted by Crippen LogP contribution is -2.42. The van der Waals surface area contributed by atoms with Crippen molar-refractivity contribution in [2.24, 2.45) is 5.92 Å². The van der Waals surface area contributed by atoms with E-state index in [4.69, 9.17) is 9.84 Å². The highest BCUT2D eigenvalue weighted by atomic mass is 16.5. The summed E-state index contributed by atoms with van der Waals surface area (Å²) in [5, 5.41) is 8.83. The van der Waals surface area contributed by atoms with Crippen LogP contribution in [0.5, 0.6) is 0 Å². The molecule has 4 heteroatoms. The van der Waals surface area contributed by atoms with Gasteiger partial charge in [0, 0.05) is 19.7 Å². The van der Waals surface area contributed by atoms with Gasteiger partial charge in [0.25, 0.3) is 0 Å². The molecule has 0 aromatic heterocycles. The van der Waals surface area contributed by atoms with E-state index >= 15 is 0 Å². The second-order valence-electron chi connectivity index (χ2n) is 4.47. The lowest BCUT2D eigenvalue weighted by molar-refractivity contribution is -0.142. The fraction of sp³-hybridized carbons (Fsp3) is 0.917. The molecule has 0 amide bonds. The SMILES string of the molecule is CCOC1CCCCN1CCC(C)C(=O)O. The van der Waals surface area contributed by atoms with E-state index < -0.39 is 5.97 Å². The standard InChI is InChI=1S/C12H23NO3/c1-3-16-11-6-4-5-8-13(11)9-7-10(2)12(14)15/h10-11H,3-9H2,1-2H3,(H,14,15). The zero-order valence-corrected chi connectivity index (χ0v) is 10.3. The van der Waals surface area contributed by atoms with Gasteiger partial charge in [0.2, 0.25) is 0 Å². The first-order valence-electron chi connectivity index (χ1n) is 6.23. The smallest absolute Gasteiger partial charge is 0.306 e. The van der Waals surface area contributed by atoms with Gasteiger partial charge in [0.05, 0.1) is 5.92 Å². The highest BCUT2D eigenvalue weighted by Crippen LogP contribution is 2.19. The van der Waals surface area contributed by atoms with Crippen LogP contribution in [-0.4, -0.2) is 41.9 Å². The Morgan fingerprint density at radius 1 is 1.56 bits per heavy atom. The minimum atomic E-state index is -0.704. The van der Waals surface area contributed by atoms with Crippen LogP contribution in [0.1, 0.15) is 39.5 Å². The molecule has 0 radical (unpaired) electrons. The molecule has 1 saturated heterocycles. The van der Waals surface area contributed by atoms with Gasteiger partial charge in [-0.1, -0.05) is 6.92 Å². The van der Waals surface area contributed by atoms with Gasteiger partial charge in [-0.2, -0.15) is 0 Å². The summed E-state index contributed by atoms with van der Waals surface area (Å²) in [6.07, 6.45) is 4.41. The van der Waals surface area contributed by atoms with Crippen molar-refractivity contribution in [1.82, 2.24) is 4.90 Å². The van der Waals surface area contributed by atoms with Gasteiger partial charge in [0.1, 0.15) is 6.23 Å². The Balaban J connectivity index is 2.34. The van der Waals surface area contributed by atoms with Crippen molar-refractivity contribution >= 4 is 5.97 Å². The van der Waals surface area contributed by atoms with E-state index in [0.29, 0.717) is 6.42 Å². The molecule has 0 aromatic rings. The van der Waals surface area contributed by atoms with E-state index in [-0.39, 0.29) is 12.1 Å². The Kier molecular flexibility index (Phi) is 5.77. The van der Waals surface area contributed by atoms with Gasteiger partial charge in [-0.05, 0) is 32.6 Å². The van der Waals surface area contributed by atoms with Gasteiger partial charge in [-0.3, -0.25) is 9.69 Å². The number of nitrogens with zero attached hydrogens (tertiary/aromatic N) is 1. The summed E-state index contributed by atoms with van der Waals surface area (Å²) in [4.78, 5) is 13.0. The largest absolute Gasteiger partial charge is 0.481 e. The molecule has 1 rings (SSSR count). The Hall–Kier alpha value is -0.610. The van der Waals surface area contributed by atoms with Crippen molar-refractivity contribution in [1.29, 1.82) is 0 Å². The quantitative estimate of drug-likeness (QED) is 0.756. The van der Waals surface area contributed by atoms with Crippen LogP contribution < -0.4 is 0 Å². The fourth-order valence-corrected chi connectivity index (χ4v) is 2.08. The van der Waals surface area contributed by atoms with Crippen LogP contribution in [-0.2, 0) is 9.53 Å². The maximum absolute atomic E-state index is 10.7. The number of carboxylic acids is 1. The highest BCUT2D eigenvalue weighted by Gasteiger charge is 2.23. The number of carboxylic acid groups (broad SMARTS) is 1. The maximum atomic E-state index is 10.7. The van der Waals surface area contributed by atoms with Crippen LogP contribution in [0.25, 0.3) is 0 Å². The third kappa shape index (κ3) is 4.10. The molecule has 16 heavy (non-hydrogen) atoms. The van der Waals surface area contributed by atoms with Crippen molar-refractivity contribution < 1.29 is 14.6 Å². The molecular formula is C12H23NO3. The Labute approximate surface area is 97.6 Å². The fourth-order valence-electron chi connectivity index (χ4n) is 2.08. The number of aliphatic carboxylic acids is 1. The van der Waals surface area contributed by atoms with Gasteiger partial charge in [0.15, 0.2) is 0 Å². The van der Waals surface area contributed by atoms with Crippen LogP contribution in [0.3, 0.4) is 0 Å². The summed E-state index contributed by atoms with van der Waals surface area (Å²) < 4.78 is 5.67. The number of ether oxygens (including phenoxy) is 1. The van der Waals surface area contributed by atoms with E-state index in [1.54, 1.807) is 6.92 Å². The Morgan fingerprint density at radius 2 is 2.31 bits per heavy atom. The first kappa shape index (κ1) is 13.5. The molecule has 1 heterocycles. The maximum Gasteiger partial charge on any atom is 0.306 e. The summed E-state index contributed by atoms with van der Waals surface area (Å²) in [5.74, 6) is -0.964. The number of likely N-dealkylation sites (tertiary alicyclic amines) is 1. The number of hydrogen-bond acceptors (Lipinski definition) is 3. The van der Waals surface area contributed by atoms with E-state index in [9.17, 15) is 4.79 Å². The van der Waals surface area contributed by atoms with Crippen LogP contribution in [0, 0.1) is 5.92 Å². The molecule has 2 atom stereocenters. The summed E-state index contributed by atoms with van der Waals surface area (Å²) in [5.41, 5.74) is 0. The van der Waals surface area contributed by atoms with E-state index in [1.807, 2.05) is 6.92 Å². The molecule has 0 saturated carbocycles. The second-order valence-corrected chi connectivity index (χ2v) is 4.47. The lowest BCUT2D eigenvalue weighted by Gasteiger charge is -2.35. The lowest BCUT2D eigenvalue weighted by atomic mass is 10.1. The van der Waals surface area contributed by atoms with E-state index in [0.717, 1.165) is 26.1 Å². The predicted molar refractivity (Wildman–Crippen MR) is 62.3 cm³/mol. The van der Waals surface area contributed by atoms with Crippen LogP contribution in [0.15, 0.2) is 0 Å². The molecule has 0 bridgehead atoms. The molecule has 1 aliphatic rings. The molecule has 4 nitrogen and oxygen atoms in total. The second kappa shape index (κ2) is 6.86. The van der Waals surface area contributed by atoms with Gasteiger partial charge in [-0.15, -0.1) is 0 Å². The Bertz CT molecular complexity index is 218. The first-order valence-corrected chi connectivity index (χ1v) is 6.23. The number of hydrogen-bond donors (Lipinski definition) is 1. The average molecular weight is 229 g/mol. The van der Waals surface area contributed by atoms with Crippen molar-refractivity contribution in [2.75, 3.05) is 19.7 Å². The monoisotopic (exact) mass is 229 g/mol. The predicted octanol–water partition coefficient (Wildman–Crippen LogP) is 1.95. The van der Waals surface area contributed by atoms with Crippen LogP contribution in [0.2, 0.25) is 0 Å². The first-order chi connectivity index (χ1) is 7.65. The van der Waals surface area contributed by atoms with Crippen LogP contribution in [0.4, 0.5) is 0 Å². The van der Waals surface area contributed by atoms with Crippen molar-refractivity contribution in [2.45, 2.75) is 45.8 Å². The van der Waals surface area contributed by atoms with E-state index in [2.05, 4.69) is 4.90 Å². The molecule has 1 N–H and O–H groups in total. The molecule has 1 fully saturated rings. The Morgan fingerprint density at radius 3 is 2.94 bits per heavy atom. The number of carbonyl (C=O) groups is 1. The molecule has 0 aromatic carbocycles. The zero-order chi connectivity index (χ0) is 12.0. The number of rotatable bonds is 6. The van der Waals surface area contributed by atoms with E-state index in [1.165, 1.54) is 12.8 Å². The number of piperidine rings is 1. The zero-order valence-electron chi connectivity index (χ0n) is 10.3. The molecular weight excluding hydrogens is 206 g/mol. The molecule has 0 spiro atoms. The van der Waals surface area contributed by atoms with Gasteiger partial charge >= 0.3 is 5.97 Å². The molecule has 1 aliphatic heterocycles. The third-order valence-electron chi connectivity index (χ3n) is 3.18. The van der Waals surface area contributed by atoms with Gasteiger partial charge < -0.3 is 9.84 Å². The topological polar surface area (TPSA) is 49.8 Å². The molecule has 2 unspecified atom stereocenters. The summed E-state index contributed by atoms with van der Waals surface area (Å²) >= 11 is 0. The summed E-state index contributed by atoms with van der Waals surface area (Å²) in [6.45, 7) is 6.37. The van der Waals surface area contributed by atoms with Crippen molar-refractivity contribution in [3.05, 3.63) is 0 Å². The average Bonchev–Trinajstić information content (AvgIpc) is 2.27. The summed E-state index contributed by atoms with van der Waals surface area (Å²) in [7, 11) is 0. The van der Waals surface area contributed by atoms with Crippen molar-refractivity contribution in [3.8, 4) is 0 Å². The van der Waals surface area contributed by atoms with Crippen molar-refractivity contribution in [3.63, 3.8) is 0 Å². The molecule has 94 valence electrons. The van der Waals surface area contributed by atoms with Gasteiger partial charge in [-0.25, -0.2) is 0 Å². The normalized spacial score (nSPS) is 24.2. The summed E-state index contributed by atoms with van der Waals surface area (Å²) in [6, 6.07) is 0. The van der Waals surface area contributed by atoms with Crippen LogP contribution >= 0.6 is 0 Å². The highest BCUT2D eigenvalue weighted by molar-refractivity contribution is 5.69. The minimum Gasteiger partial charge on any atom is -0.481 e.